The molecule has 0 heterocycles. The Hall–Kier alpha value is -1.19. The number of benzene rings is 1. The molecule has 0 aliphatic rings. The summed E-state index contributed by atoms with van der Waals surface area (Å²) in [5.74, 6) is -1.50. The van der Waals surface area contributed by atoms with Crippen molar-refractivity contribution < 1.29 is 22.8 Å². The SMILES string of the molecule is CC(C)(O)O.Nc1ccccc1CCCOS(N)(=O)=O. The maximum absolute atomic E-state index is 10.4. The predicted octanol–water partition coefficient (Wildman–Crippen LogP) is 0.129. The van der Waals surface area contributed by atoms with Crippen LogP contribution in [-0.2, 0) is 20.9 Å². The molecule has 1 rings (SSSR count). The summed E-state index contributed by atoms with van der Waals surface area (Å²) < 4.78 is 25.3. The molecule has 1 aromatic carbocycles. The van der Waals surface area contributed by atoms with Gasteiger partial charge >= 0.3 is 10.3 Å². The van der Waals surface area contributed by atoms with Crippen molar-refractivity contribution in [2.75, 3.05) is 12.3 Å². The molecular formula is C12H22N2O5S. The third kappa shape index (κ3) is 13.2. The van der Waals surface area contributed by atoms with Gasteiger partial charge in [-0.1, -0.05) is 18.2 Å². The largest absolute Gasteiger partial charge is 0.399 e. The Bertz CT molecular complexity index is 491. The average Bonchev–Trinajstić information content (AvgIpc) is 2.23. The van der Waals surface area contributed by atoms with Crippen LogP contribution in [0.25, 0.3) is 0 Å². The molecule has 0 aliphatic carbocycles. The molecular weight excluding hydrogens is 284 g/mol. The van der Waals surface area contributed by atoms with Crippen molar-refractivity contribution >= 4 is 16.0 Å². The molecule has 0 saturated heterocycles. The van der Waals surface area contributed by atoms with Gasteiger partial charge in [-0.05, 0) is 38.3 Å². The molecule has 0 saturated carbocycles. The van der Waals surface area contributed by atoms with Gasteiger partial charge < -0.3 is 15.9 Å². The number of rotatable bonds is 5. The van der Waals surface area contributed by atoms with E-state index in [1.165, 1.54) is 13.8 Å². The zero-order chi connectivity index (χ0) is 15.8. The summed E-state index contributed by atoms with van der Waals surface area (Å²) in [5.41, 5.74) is 7.39. The summed E-state index contributed by atoms with van der Waals surface area (Å²) in [6.07, 6.45) is 1.23. The minimum Gasteiger partial charge on any atom is -0.399 e. The predicted molar refractivity (Wildman–Crippen MR) is 76.8 cm³/mol. The molecule has 6 N–H and O–H groups in total. The second kappa shape index (κ2) is 8.18. The van der Waals surface area contributed by atoms with E-state index in [4.69, 9.17) is 15.9 Å². The van der Waals surface area contributed by atoms with Gasteiger partial charge in [-0.25, -0.2) is 5.14 Å². The van der Waals surface area contributed by atoms with Crippen molar-refractivity contribution in [3.05, 3.63) is 29.8 Å². The molecule has 8 heteroatoms. The molecule has 0 radical (unpaired) electrons. The minimum absolute atomic E-state index is 0.0766. The Kier molecular flexibility index (Phi) is 7.69. The number of anilines is 1. The quantitative estimate of drug-likeness (QED) is 0.347. The van der Waals surface area contributed by atoms with Crippen LogP contribution in [0.2, 0.25) is 0 Å². The van der Waals surface area contributed by atoms with E-state index in [1.807, 2.05) is 18.2 Å². The number of hydrogen-bond acceptors (Lipinski definition) is 6. The van der Waals surface area contributed by atoms with Crippen LogP contribution in [0.3, 0.4) is 0 Å². The Labute approximate surface area is 119 Å². The fourth-order valence-electron chi connectivity index (χ4n) is 1.20. The third-order valence-electron chi connectivity index (χ3n) is 1.89. The van der Waals surface area contributed by atoms with Crippen LogP contribution < -0.4 is 10.9 Å². The Morgan fingerprint density at radius 1 is 1.25 bits per heavy atom. The molecule has 0 spiro atoms. The highest BCUT2D eigenvalue weighted by Crippen LogP contribution is 2.12. The van der Waals surface area contributed by atoms with Crippen molar-refractivity contribution in [2.24, 2.45) is 5.14 Å². The smallest absolute Gasteiger partial charge is 0.333 e. The molecule has 20 heavy (non-hydrogen) atoms. The molecule has 1 aromatic rings. The van der Waals surface area contributed by atoms with Crippen LogP contribution in [0, 0.1) is 0 Å². The summed E-state index contributed by atoms with van der Waals surface area (Å²) in [6, 6.07) is 7.42. The van der Waals surface area contributed by atoms with Gasteiger partial charge in [0.2, 0.25) is 0 Å². The molecule has 116 valence electrons. The molecule has 0 amide bonds. The highest BCUT2D eigenvalue weighted by molar-refractivity contribution is 7.84. The summed E-state index contributed by atoms with van der Waals surface area (Å²) in [4.78, 5) is 0. The number of para-hydroxylation sites is 1. The second-order valence-corrected chi connectivity index (χ2v) is 5.83. The molecule has 0 unspecified atom stereocenters. The van der Waals surface area contributed by atoms with Gasteiger partial charge in [-0.3, -0.25) is 4.18 Å². The zero-order valence-corrected chi connectivity index (χ0v) is 12.4. The van der Waals surface area contributed by atoms with Gasteiger partial charge in [0.1, 0.15) is 0 Å². The van der Waals surface area contributed by atoms with E-state index >= 15 is 0 Å². The van der Waals surface area contributed by atoms with E-state index < -0.39 is 16.1 Å². The van der Waals surface area contributed by atoms with Gasteiger partial charge in [0.05, 0.1) is 6.61 Å². The number of aryl methyl sites for hydroxylation is 1. The first-order valence-electron chi connectivity index (χ1n) is 5.94. The van der Waals surface area contributed by atoms with Crippen LogP contribution in [-0.4, -0.2) is 31.0 Å². The van der Waals surface area contributed by atoms with E-state index in [0.29, 0.717) is 18.5 Å². The lowest BCUT2D eigenvalue weighted by Crippen LogP contribution is -2.16. The number of aliphatic hydroxyl groups is 2. The Morgan fingerprint density at radius 3 is 2.20 bits per heavy atom. The molecule has 0 fully saturated rings. The first-order valence-corrected chi connectivity index (χ1v) is 7.41. The maximum atomic E-state index is 10.4. The van der Waals surface area contributed by atoms with E-state index in [-0.39, 0.29) is 6.61 Å². The van der Waals surface area contributed by atoms with E-state index in [2.05, 4.69) is 9.32 Å². The maximum Gasteiger partial charge on any atom is 0.333 e. The van der Waals surface area contributed by atoms with E-state index in [1.54, 1.807) is 6.07 Å². The summed E-state index contributed by atoms with van der Waals surface area (Å²) >= 11 is 0. The van der Waals surface area contributed by atoms with Crippen molar-refractivity contribution in [2.45, 2.75) is 32.5 Å². The Morgan fingerprint density at radius 2 is 1.75 bits per heavy atom. The molecule has 7 nitrogen and oxygen atoms in total. The van der Waals surface area contributed by atoms with Crippen LogP contribution in [0.5, 0.6) is 0 Å². The van der Waals surface area contributed by atoms with Gasteiger partial charge in [0, 0.05) is 5.69 Å². The third-order valence-corrected chi connectivity index (χ3v) is 2.39. The van der Waals surface area contributed by atoms with Crippen molar-refractivity contribution in [3.8, 4) is 0 Å². The first-order chi connectivity index (χ1) is 8.99. The van der Waals surface area contributed by atoms with Crippen molar-refractivity contribution in [1.29, 1.82) is 0 Å². The van der Waals surface area contributed by atoms with Gasteiger partial charge in [0.15, 0.2) is 5.79 Å². The average molecular weight is 306 g/mol. The topological polar surface area (TPSA) is 136 Å². The fraction of sp³-hybridized carbons (Fsp3) is 0.500. The van der Waals surface area contributed by atoms with E-state index in [9.17, 15) is 8.42 Å². The number of nitrogen functional groups attached to an aromatic ring is 1. The lowest BCUT2D eigenvalue weighted by Gasteiger charge is -2.04. The zero-order valence-electron chi connectivity index (χ0n) is 11.6. The Balaban J connectivity index is 0.000000621. The van der Waals surface area contributed by atoms with E-state index in [0.717, 1.165) is 5.56 Å². The fourth-order valence-corrected chi connectivity index (χ4v) is 1.55. The molecule has 0 bridgehead atoms. The van der Waals surface area contributed by atoms with Crippen molar-refractivity contribution in [1.82, 2.24) is 0 Å². The summed E-state index contributed by atoms with van der Waals surface area (Å²) in [6.45, 7) is 2.67. The van der Waals surface area contributed by atoms with Crippen LogP contribution >= 0.6 is 0 Å². The highest BCUT2D eigenvalue weighted by atomic mass is 32.2. The highest BCUT2D eigenvalue weighted by Gasteiger charge is 2.02. The van der Waals surface area contributed by atoms with Gasteiger partial charge in [-0.2, -0.15) is 8.42 Å². The number of hydrogen-bond donors (Lipinski definition) is 4. The lowest BCUT2D eigenvalue weighted by atomic mass is 10.1. The molecule has 0 aliphatic heterocycles. The summed E-state index contributed by atoms with van der Waals surface area (Å²) in [5, 5.41) is 20.8. The van der Waals surface area contributed by atoms with Gasteiger partial charge in [-0.15, -0.1) is 0 Å². The monoisotopic (exact) mass is 306 g/mol. The summed E-state index contributed by atoms with van der Waals surface area (Å²) in [7, 11) is -3.82. The molecule has 0 aromatic heterocycles. The minimum atomic E-state index is -3.82. The van der Waals surface area contributed by atoms with Crippen LogP contribution in [0.4, 0.5) is 5.69 Å². The number of nitrogens with two attached hydrogens (primary N) is 2. The van der Waals surface area contributed by atoms with Crippen LogP contribution in [0.15, 0.2) is 24.3 Å². The normalized spacial score (nSPS) is 11.7. The van der Waals surface area contributed by atoms with Crippen LogP contribution in [0.1, 0.15) is 25.8 Å². The first kappa shape index (κ1) is 18.8. The standard InChI is InChI=1S/C9H14N2O3S.C3H8O2/c10-9-6-2-1-4-8(9)5-3-7-14-15(11,12)13;1-3(2,4)5/h1-2,4,6H,3,5,7,10H2,(H2,11,12,13);4-5H,1-2H3. The second-order valence-electron chi connectivity index (χ2n) is 4.61. The van der Waals surface area contributed by atoms with Gasteiger partial charge in [0.25, 0.3) is 0 Å². The van der Waals surface area contributed by atoms with Crippen molar-refractivity contribution in [3.63, 3.8) is 0 Å². The lowest BCUT2D eigenvalue weighted by molar-refractivity contribution is -0.127. The molecule has 0 atom stereocenters.